The molecule has 0 spiro atoms. The van der Waals surface area contributed by atoms with Crippen LogP contribution in [0.3, 0.4) is 0 Å². The monoisotopic (exact) mass is 1450 g/mol. The summed E-state index contributed by atoms with van der Waals surface area (Å²) in [6.45, 7) is 4.31. The van der Waals surface area contributed by atoms with Crippen LogP contribution in [0.25, 0.3) is 152 Å². The van der Waals surface area contributed by atoms with Crippen LogP contribution in [0.5, 0.6) is 0 Å². The van der Waals surface area contributed by atoms with Crippen LogP contribution >= 0.6 is 17.0 Å². The van der Waals surface area contributed by atoms with Gasteiger partial charge in [0.2, 0.25) is 0 Å². The van der Waals surface area contributed by atoms with Crippen LogP contribution in [0.15, 0.2) is 267 Å². The Kier molecular flexibility index (Phi) is 16.9. The quantitative estimate of drug-likeness (QED) is 0.0808. The molecule has 16 aromatic rings. The van der Waals surface area contributed by atoms with E-state index in [1.165, 1.54) is 242 Å². The van der Waals surface area contributed by atoms with Crippen LogP contribution in [0.4, 0.5) is 0 Å². The molecule has 24 rings (SSSR count). The van der Waals surface area contributed by atoms with Crippen molar-refractivity contribution in [3.8, 4) is 44.5 Å². The van der Waals surface area contributed by atoms with Crippen LogP contribution in [-0.4, -0.2) is 9.52 Å². The zero-order valence-electron chi connectivity index (χ0n) is 58.5. The van der Waals surface area contributed by atoms with Crippen molar-refractivity contribution in [3.05, 3.63) is 278 Å². The average molecular weight is 1450 g/mol. The molecule has 16 aromatic carbocycles. The van der Waals surface area contributed by atoms with Crippen molar-refractivity contribution >= 4 is 134 Å². The first-order chi connectivity index (χ1) is 50.2. The van der Waals surface area contributed by atoms with Gasteiger partial charge in [-0.1, -0.05) is 254 Å². The Morgan fingerprint density at radius 2 is 0.490 bits per heavy atom. The Hall–Kier alpha value is -7.94. The van der Waals surface area contributed by atoms with Crippen molar-refractivity contribution < 1.29 is 20.8 Å². The number of hydrogen-bond donors (Lipinski definition) is 0. The summed E-state index contributed by atoms with van der Waals surface area (Å²) in [4.78, 5) is 0. The van der Waals surface area contributed by atoms with Gasteiger partial charge in [0.05, 0.1) is 0 Å². The van der Waals surface area contributed by atoms with E-state index in [1.807, 2.05) is 0 Å². The molecule has 0 aliphatic heterocycles. The first-order valence-corrected chi connectivity index (χ1v) is 46.2. The molecule has 8 bridgehead atoms. The third-order valence-electron chi connectivity index (χ3n) is 25.5. The summed E-state index contributed by atoms with van der Waals surface area (Å²) < 4.78 is 0. The van der Waals surface area contributed by atoms with Crippen LogP contribution in [0.2, 0.25) is 13.1 Å². The Balaban J connectivity index is 0.000000131. The van der Waals surface area contributed by atoms with Gasteiger partial charge in [0.25, 0.3) is 0 Å². The SMILES string of the molecule is C[Si]C.[Cl][Zr+2][Cl].c1ccc2c(-c3ccc(-c4c5ccccc5cc5ccccc45)c4[cH-]c(CC56CC7CC(CC(C7)C5)C6)cc34)c3ccccc3cc2c1.c1ccc2c(-c3ccc(-c4c5ccccc5cc5ccccc45)c4[cH-]c(CC56CC7CC(CC(C7)C5)C6)cc34)c3ccccc3cc2c1. The van der Waals surface area contributed by atoms with E-state index in [0.717, 1.165) is 45.0 Å². The predicted molar refractivity (Wildman–Crippen MR) is 439 cm³/mol. The van der Waals surface area contributed by atoms with E-state index < -0.39 is 20.8 Å². The van der Waals surface area contributed by atoms with Crippen LogP contribution in [-0.2, 0) is 33.7 Å². The topological polar surface area (TPSA) is 0 Å². The van der Waals surface area contributed by atoms with Gasteiger partial charge in [-0.05, 0) is 269 Å². The fourth-order valence-electron chi connectivity index (χ4n) is 22.9. The minimum absolute atomic E-state index is 0.498. The van der Waals surface area contributed by atoms with Gasteiger partial charge in [0.15, 0.2) is 0 Å². The molecule has 0 heterocycles. The van der Waals surface area contributed by atoms with Crippen LogP contribution in [0.1, 0.15) is 88.2 Å². The molecule has 0 amide bonds. The van der Waals surface area contributed by atoms with Crippen molar-refractivity contribution in [1.29, 1.82) is 0 Å². The van der Waals surface area contributed by atoms with E-state index in [-0.39, 0.29) is 0 Å². The predicted octanol–water partition coefficient (Wildman–Crippen LogP) is 28.7. The van der Waals surface area contributed by atoms with Gasteiger partial charge >= 0.3 is 37.9 Å². The fraction of sp³-hybridized carbons (Fsp3) is 0.245. The smallest absolute Gasteiger partial charge is 0.0107 e. The molecule has 0 saturated heterocycles. The first-order valence-electron chi connectivity index (χ1n) is 37.8. The van der Waals surface area contributed by atoms with Crippen LogP contribution in [0, 0.1) is 46.3 Å². The van der Waals surface area contributed by atoms with Gasteiger partial charge in [0, 0.05) is 9.52 Å². The minimum atomic E-state index is -0.826. The third-order valence-corrected chi connectivity index (χ3v) is 25.5. The van der Waals surface area contributed by atoms with Gasteiger partial charge in [-0.2, -0.15) is 12.1 Å². The normalized spacial score (nSPS) is 22.2. The van der Waals surface area contributed by atoms with E-state index in [1.54, 1.807) is 11.1 Å². The number of halogens is 2. The van der Waals surface area contributed by atoms with E-state index in [9.17, 15) is 0 Å². The average Bonchev–Trinajstić information content (AvgIpc) is 1.28. The molecule has 0 unspecified atom stereocenters. The minimum Gasteiger partial charge on any atom is -0.164 e. The number of rotatable bonds is 8. The van der Waals surface area contributed by atoms with Gasteiger partial charge in [-0.25, -0.2) is 0 Å². The number of hydrogen-bond acceptors (Lipinski definition) is 0. The second-order valence-corrected chi connectivity index (χ2v) is 37.0. The Morgan fingerprint density at radius 1 is 0.294 bits per heavy atom. The van der Waals surface area contributed by atoms with Crippen LogP contribution < -0.4 is 0 Å². The summed E-state index contributed by atoms with van der Waals surface area (Å²) in [5, 5.41) is 26.8. The standard InChI is InChI=1S/2C48H39.C2H6Si.2ClH.Zr/c2*1-5-13-38-34(9-1)24-35-10-2-6-14-39(35)46(38)42-17-18-43(47-40-15-7-3-11-36(40)25-37-12-4-8-16-41(37)47)45-23-33(22-44(42)45)29-48-26-30-19-31(27-48)21-32(20-30)28-48;1-3-2;;;/h2*1-18,22-25,30-32H,19-21,26-29H2;1-2H3;2*1H;/q2*-1;;;;+4/p-2. The zero-order valence-corrected chi connectivity index (χ0v) is 63.5. The molecular weight excluding hydrogens is 1370 g/mol. The van der Waals surface area contributed by atoms with Gasteiger partial charge < -0.3 is 0 Å². The van der Waals surface area contributed by atoms with E-state index in [0.29, 0.717) is 10.8 Å². The molecule has 8 aliphatic carbocycles. The Labute approximate surface area is 621 Å². The maximum atomic E-state index is 4.93. The van der Waals surface area contributed by atoms with E-state index in [4.69, 9.17) is 17.0 Å². The molecular formula is C98H84Cl2SiZr. The summed E-state index contributed by atoms with van der Waals surface area (Å²) in [6, 6.07) is 102. The molecule has 0 atom stereocenters. The summed E-state index contributed by atoms with van der Waals surface area (Å²) in [7, 11) is 11.0. The van der Waals surface area contributed by atoms with Crippen molar-refractivity contribution in [2.24, 2.45) is 46.3 Å². The first kappa shape index (κ1) is 64.9. The molecule has 0 N–H and O–H groups in total. The second kappa shape index (κ2) is 26.6. The molecule has 0 nitrogen and oxygen atoms in total. The summed E-state index contributed by atoms with van der Waals surface area (Å²) in [5.41, 5.74) is 15.0. The number of fused-ring (bicyclic) bond motifs is 10. The van der Waals surface area contributed by atoms with Crippen molar-refractivity contribution in [3.63, 3.8) is 0 Å². The summed E-state index contributed by atoms with van der Waals surface area (Å²) in [6.07, 6.45) is 20.1. The molecule has 8 aliphatic rings. The molecule has 8 fully saturated rings. The molecule has 2 radical (unpaired) electrons. The summed E-state index contributed by atoms with van der Waals surface area (Å²) >= 11 is -0.826. The maximum Gasteiger partial charge on any atom is -0.0107 e. The maximum absolute atomic E-state index is 4.93. The zero-order chi connectivity index (χ0) is 68.2. The van der Waals surface area contributed by atoms with E-state index >= 15 is 0 Å². The molecule has 102 heavy (non-hydrogen) atoms. The molecule has 4 heteroatoms. The largest absolute Gasteiger partial charge is 0.164 e. The van der Waals surface area contributed by atoms with E-state index in [2.05, 4.69) is 280 Å². The Morgan fingerprint density at radius 3 is 0.716 bits per heavy atom. The second-order valence-electron chi connectivity index (χ2n) is 32.2. The van der Waals surface area contributed by atoms with Crippen molar-refractivity contribution in [2.75, 3.05) is 0 Å². The molecule has 498 valence electrons. The fourth-order valence-corrected chi connectivity index (χ4v) is 22.9. The number of benzene rings is 14. The Bertz CT molecular complexity index is 4980. The van der Waals surface area contributed by atoms with Gasteiger partial charge in [-0.15, -0.1) is 44.8 Å². The van der Waals surface area contributed by atoms with Crippen molar-refractivity contribution in [1.82, 2.24) is 0 Å². The molecule has 8 saturated carbocycles. The third kappa shape index (κ3) is 11.5. The molecule has 0 aromatic heterocycles. The van der Waals surface area contributed by atoms with Crippen molar-refractivity contribution in [2.45, 2.75) is 103 Å². The van der Waals surface area contributed by atoms with Gasteiger partial charge in [-0.3, -0.25) is 0 Å². The summed E-state index contributed by atoms with van der Waals surface area (Å²) in [5.74, 6) is 5.81. The van der Waals surface area contributed by atoms with Gasteiger partial charge in [0.1, 0.15) is 0 Å².